The summed E-state index contributed by atoms with van der Waals surface area (Å²) in [6.07, 6.45) is 1.78. The Hall–Kier alpha value is -2.43. The van der Waals surface area contributed by atoms with E-state index < -0.39 is 0 Å². The SMILES string of the molecule is Cc1c(N)nnn1-c1ccc2ncccc2c1. The minimum absolute atomic E-state index is 0.455. The van der Waals surface area contributed by atoms with Gasteiger partial charge in [-0.3, -0.25) is 4.98 Å². The second-order valence-corrected chi connectivity index (χ2v) is 3.85. The lowest BCUT2D eigenvalue weighted by molar-refractivity contribution is 0.786. The van der Waals surface area contributed by atoms with E-state index in [1.54, 1.807) is 10.9 Å². The van der Waals surface area contributed by atoms with E-state index in [4.69, 9.17) is 5.73 Å². The third-order valence-electron chi connectivity index (χ3n) is 2.76. The van der Waals surface area contributed by atoms with Crippen molar-refractivity contribution in [1.82, 2.24) is 20.0 Å². The summed E-state index contributed by atoms with van der Waals surface area (Å²) < 4.78 is 1.72. The number of fused-ring (bicyclic) bond motifs is 1. The smallest absolute Gasteiger partial charge is 0.169 e. The van der Waals surface area contributed by atoms with Gasteiger partial charge in [0.2, 0.25) is 0 Å². The molecule has 0 aliphatic heterocycles. The first-order chi connectivity index (χ1) is 8.25. The molecule has 1 aromatic carbocycles. The summed E-state index contributed by atoms with van der Waals surface area (Å²) in [5.74, 6) is 0.455. The fourth-order valence-electron chi connectivity index (χ4n) is 1.78. The van der Waals surface area contributed by atoms with Gasteiger partial charge in [0.05, 0.1) is 16.9 Å². The minimum atomic E-state index is 0.455. The predicted octanol–water partition coefficient (Wildman–Crippen LogP) is 1.71. The summed E-state index contributed by atoms with van der Waals surface area (Å²) in [5, 5.41) is 8.93. The fourth-order valence-corrected chi connectivity index (χ4v) is 1.78. The number of anilines is 1. The molecular weight excluding hydrogens is 214 g/mol. The maximum absolute atomic E-state index is 5.68. The Kier molecular flexibility index (Phi) is 2.04. The van der Waals surface area contributed by atoms with E-state index in [1.807, 2.05) is 37.3 Å². The maximum Gasteiger partial charge on any atom is 0.169 e. The van der Waals surface area contributed by atoms with Gasteiger partial charge in [0.25, 0.3) is 0 Å². The van der Waals surface area contributed by atoms with Gasteiger partial charge in [-0.15, -0.1) is 5.10 Å². The fraction of sp³-hybridized carbons (Fsp3) is 0.0833. The van der Waals surface area contributed by atoms with Crippen LogP contribution in [0, 0.1) is 6.92 Å². The van der Waals surface area contributed by atoms with Crippen LogP contribution in [0.5, 0.6) is 0 Å². The number of nitrogen functional groups attached to an aromatic ring is 1. The molecule has 5 nitrogen and oxygen atoms in total. The predicted molar refractivity (Wildman–Crippen MR) is 65.8 cm³/mol. The van der Waals surface area contributed by atoms with Crippen LogP contribution in [0.2, 0.25) is 0 Å². The van der Waals surface area contributed by atoms with Gasteiger partial charge in [-0.1, -0.05) is 11.3 Å². The number of nitrogens with zero attached hydrogens (tertiary/aromatic N) is 4. The molecule has 0 aliphatic carbocycles. The molecule has 0 amide bonds. The number of nitrogens with two attached hydrogens (primary N) is 1. The molecule has 0 unspecified atom stereocenters. The molecule has 84 valence electrons. The first kappa shape index (κ1) is 9.77. The first-order valence-corrected chi connectivity index (χ1v) is 5.28. The van der Waals surface area contributed by atoms with Crippen LogP contribution in [0.3, 0.4) is 0 Å². The Morgan fingerprint density at radius 3 is 2.88 bits per heavy atom. The van der Waals surface area contributed by atoms with Gasteiger partial charge in [0.15, 0.2) is 5.82 Å². The number of hydrogen-bond acceptors (Lipinski definition) is 4. The van der Waals surface area contributed by atoms with Gasteiger partial charge in [0, 0.05) is 11.6 Å². The Morgan fingerprint density at radius 2 is 2.12 bits per heavy atom. The number of benzene rings is 1. The normalized spacial score (nSPS) is 10.9. The number of hydrogen-bond donors (Lipinski definition) is 1. The highest BCUT2D eigenvalue weighted by Crippen LogP contribution is 2.18. The van der Waals surface area contributed by atoms with E-state index in [1.165, 1.54) is 0 Å². The molecule has 0 saturated carbocycles. The van der Waals surface area contributed by atoms with Crippen LogP contribution < -0.4 is 5.73 Å². The largest absolute Gasteiger partial charge is 0.381 e. The average Bonchev–Trinajstić information content (AvgIpc) is 2.70. The van der Waals surface area contributed by atoms with Gasteiger partial charge in [-0.25, -0.2) is 4.68 Å². The topological polar surface area (TPSA) is 69.6 Å². The average molecular weight is 225 g/mol. The van der Waals surface area contributed by atoms with Crippen LogP contribution in [0.1, 0.15) is 5.69 Å². The molecule has 2 aromatic heterocycles. The molecule has 0 radical (unpaired) electrons. The van der Waals surface area contributed by atoms with E-state index in [2.05, 4.69) is 15.3 Å². The van der Waals surface area contributed by atoms with Gasteiger partial charge >= 0.3 is 0 Å². The summed E-state index contributed by atoms with van der Waals surface area (Å²) in [6, 6.07) is 9.86. The van der Waals surface area contributed by atoms with Crippen molar-refractivity contribution in [2.24, 2.45) is 0 Å². The zero-order chi connectivity index (χ0) is 11.8. The molecule has 0 aliphatic rings. The molecule has 3 aromatic rings. The van der Waals surface area contributed by atoms with Crippen LogP contribution >= 0.6 is 0 Å². The Balaban J connectivity index is 2.21. The zero-order valence-corrected chi connectivity index (χ0v) is 9.33. The van der Waals surface area contributed by atoms with Gasteiger partial charge in [0.1, 0.15) is 0 Å². The van der Waals surface area contributed by atoms with Gasteiger partial charge in [-0.05, 0) is 31.2 Å². The molecule has 0 saturated heterocycles. The summed E-state index contributed by atoms with van der Waals surface area (Å²) >= 11 is 0. The van der Waals surface area contributed by atoms with Crippen molar-refractivity contribution in [2.75, 3.05) is 5.73 Å². The van der Waals surface area contributed by atoms with Crippen LogP contribution in [0.15, 0.2) is 36.5 Å². The molecular formula is C12H11N5. The van der Waals surface area contributed by atoms with E-state index in [0.717, 1.165) is 22.3 Å². The molecule has 0 spiro atoms. The molecule has 17 heavy (non-hydrogen) atoms. The van der Waals surface area contributed by atoms with E-state index in [9.17, 15) is 0 Å². The van der Waals surface area contributed by atoms with Crippen molar-refractivity contribution in [3.8, 4) is 5.69 Å². The number of rotatable bonds is 1. The Bertz CT molecular complexity index is 686. The lowest BCUT2D eigenvalue weighted by atomic mass is 10.2. The highest BCUT2D eigenvalue weighted by atomic mass is 15.4. The van der Waals surface area contributed by atoms with Crippen LogP contribution in [-0.4, -0.2) is 20.0 Å². The van der Waals surface area contributed by atoms with Gasteiger partial charge < -0.3 is 5.73 Å². The Labute approximate surface area is 97.9 Å². The Morgan fingerprint density at radius 1 is 1.24 bits per heavy atom. The minimum Gasteiger partial charge on any atom is -0.381 e. The highest BCUT2D eigenvalue weighted by molar-refractivity contribution is 5.80. The third-order valence-corrected chi connectivity index (χ3v) is 2.76. The zero-order valence-electron chi connectivity index (χ0n) is 9.33. The van der Waals surface area contributed by atoms with Crippen molar-refractivity contribution in [3.05, 3.63) is 42.2 Å². The lowest BCUT2D eigenvalue weighted by Crippen LogP contribution is -1.99. The van der Waals surface area contributed by atoms with E-state index >= 15 is 0 Å². The van der Waals surface area contributed by atoms with Gasteiger partial charge in [-0.2, -0.15) is 0 Å². The first-order valence-electron chi connectivity index (χ1n) is 5.28. The molecule has 2 heterocycles. The third kappa shape index (κ3) is 1.52. The summed E-state index contributed by atoms with van der Waals surface area (Å²) in [5.41, 5.74) is 8.42. The summed E-state index contributed by atoms with van der Waals surface area (Å²) in [6.45, 7) is 1.89. The number of pyridine rings is 1. The molecule has 2 N–H and O–H groups in total. The maximum atomic E-state index is 5.68. The van der Waals surface area contributed by atoms with Crippen LogP contribution in [0.4, 0.5) is 5.82 Å². The van der Waals surface area contributed by atoms with Crippen LogP contribution in [-0.2, 0) is 0 Å². The lowest BCUT2D eigenvalue weighted by Gasteiger charge is -2.04. The van der Waals surface area contributed by atoms with Crippen molar-refractivity contribution in [2.45, 2.75) is 6.92 Å². The second-order valence-electron chi connectivity index (χ2n) is 3.85. The van der Waals surface area contributed by atoms with E-state index in [0.29, 0.717) is 5.82 Å². The van der Waals surface area contributed by atoms with Crippen molar-refractivity contribution in [3.63, 3.8) is 0 Å². The van der Waals surface area contributed by atoms with Crippen molar-refractivity contribution >= 4 is 16.7 Å². The standard InChI is InChI=1S/C12H11N5/c1-8-12(13)15-16-17(8)10-4-5-11-9(7-10)3-2-6-14-11/h2-7H,13H2,1H3. The van der Waals surface area contributed by atoms with E-state index in [-0.39, 0.29) is 0 Å². The molecule has 0 bridgehead atoms. The number of aromatic nitrogens is 4. The molecule has 0 atom stereocenters. The molecule has 3 rings (SSSR count). The quantitative estimate of drug-likeness (QED) is 0.684. The molecule has 0 fully saturated rings. The highest BCUT2D eigenvalue weighted by Gasteiger charge is 2.07. The van der Waals surface area contributed by atoms with Crippen molar-refractivity contribution in [1.29, 1.82) is 0 Å². The second kappa shape index (κ2) is 3.55. The summed E-state index contributed by atoms with van der Waals surface area (Å²) in [4.78, 5) is 4.27. The molecule has 5 heteroatoms. The monoisotopic (exact) mass is 225 g/mol. The summed E-state index contributed by atoms with van der Waals surface area (Å²) in [7, 11) is 0. The van der Waals surface area contributed by atoms with Crippen molar-refractivity contribution < 1.29 is 0 Å². The van der Waals surface area contributed by atoms with Crippen LogP contribution in [0.25, 0.3) is 16.6 Å².